The number of aromatic nitrogens is 6. The molecular weight excluding hydrogens is 860 g/mol. The quantitative estimate of drug-likeness (QED) is 0.134. The highest BCUT2D eigenvalue weighted by Crippen LogP contribution is 2.43. The SMILES string of the molecule is CC[C@H]1OC(=O)C(C)(F)C(=O)[C@H](C)[C@@H](O[C@@H]2O[C@H](C)CC(N(C)C)C2O)[C@](C)(OC)C[C@@H](C)CN[C@H](C)[C@H]2N(CCCCn3cc(-c4ccccn4)nn3)C(=O)O[C@]12n1ccc(N)nc1=O. The first kappa shape index (κ1) is 50.5. The average molecular weight is 927 g/mol. The van der Waals surface area contributed by atoms with Gasteiger partial charge in [0.2, 0.25) is 0 Å². The molecule has 66 heavy (non-hydrogen) atoms. The number of hydrogen-bond donors (Lipinski definition) is 3. The molecule has 6 heterocycles. The standard InChI is InChI=1S/C45H67FN10O10/c1-11-33-45(56-21-17-34(47)50-41(56)60)36(55(42(61)66-45)20-15-14-19-54-25-31(51-52-54)30-16-12-13-18-48-30)29(5)49-24-26(2)23-43(6,62-10)38(28(4)37(58)44(7,46)40(59)64-33)65-39-35(57)32(53(8)9)22-27(3)63-39/h12-13,16-18,21,25-29,32-33,35-36,38-39,49,57H,11,14-15,19-20,22-24H2,1-10H3,(H2,47,50,60)/t26-,27-,28+,29-,32?,33-,35?,36-,38-,39+,43-,44?,45-/m1/s1. The first-order valence-electron chi connectivity index (χ1n) is 22.7. The second kappa shape index (κ2) is 20.5. The number of ether oxygens (including phenoxy) is 5. The van der Waals surface area contributed by atoms with E-state index in [2.05, 4.69) is 25.6 Å². The van der Waals surface area contributed by atoms with Crippen molar-refractivity contribution in [2.24, 2.45) is 11.8 Å². The number of carbonyl (C=O) groups excluding carboxylic acids is 3. The molecule has 6 rings (SSSR count). The summed E-state index contributed by atoms with van der Waals surface area (Å²) in [4.78, 5) is 68.9. The van der Waals surface area contributed by atoms with Gasteiger partial charge in [-0.2, -0.15) is 4.98 Å². The average Bonchev–Trinajstić information content (AvgIpc) is 3.87. The molecule has 0 radical (unpaired) electrons. The van der Waals surface area contributed by atoms with E-state index in [0.717, 1.165) is 11.5 Å². The number of unbranched alkanes of at least 4 members (excludes halogenated alkanes) is 1. The molecule has 0 saturated carbocycles. The summed E-state index contributed by atoms with van der Waals surface area (Å²) in [6.45, 7) is 12.1. The number of fused-ring (bicyclic) bond motifs is 1. The van der Waals surface area contributed by atoms with Crippen molar-refractivity contribution < 1.29 is 47.6 Å². The summed E-state index contributed by atoms with van der Waals surface area (Å²) < 4.78 is 51.4. The minimum Gasteiger partial charge on any atom is -0.453 e. The van der Waals surface area contributed by atoms with E-state index in [1.165, 1.54) is 31.2 Å². The van der Waals surface area contributed by atoms with Crippen molar-refractivity contribution >= 4 is 23.7 Å². The lowest BCUT2D eigenvalue weighted by Crippen LogP contribution is -2.65. The number of nitrogens with one attached hydrogen (secondary N) is 1. The number of aliphatic hydroxyl groups excluding tert-OH is 1. The van der Waals surface area contributed by atoms with Crippen molar-refractivity contribution in [1.29, 1.82) is 0 Å². The first-order chi connectivity index (χ1) is 31.2. The molecular formula is C45H67FN10O10. The maximum atomic E-state index is 17.4. The lowest BCUT2D eigenvalue weighted by atomic mass is 9.78. The summed E-state index contributed by atoms with van der Waals surface area (Å²) in [7, 11) is 5.12. The Balaban J connectivity index is 1.38. The number of aryl methyl sites for hydroxylation is 1. The fourth-order valence-corrected chi connectivity index (χ4v) is 9.87. The van der Waals surface area contributed by atoms with E-state index in [1.807, 2.05) is 58.0 Å². The number of methoxy groups -OCH3 is 1. The molecule has 1 amide bonds. The third-order valence-electron chi connectivity index (χ3n) is 13.4. The van der Waals surface area contributed by atoms with Gasteiger partial charge in [0.25, 0.3) is 11.4 Å². The lowest BCUT2D eigenvalue weighted by molar-refractivity contribution is -0.295. The van der Waals surface area contributed by atoms with Crippen molar-refractivity contribution in [3.05, 3.63) is 53.3 Å². The predicted octanol–water partition coefficient (Wildman–Crippen LogP) is 2.92. The minimum absolute atomic E-state index is 0.107. The molecule has 20 nitrogen and oxygen atoms in total. The van der Waals surface area contributed by atoms with Crippen LogP contribution in [0.2, 0.25) is 0 Å². The van der Waals surface area contributed by atoms with Crippen LogP contribution in [0.5, 0.6) is 0 Å². The van der Waals surface area contributed by atoms with Crippen LogP contribution in [0.3, 0.4) is 0 Å². The zero-order chi connectivity index (χ0) is 48.3. The van der Waals surface area contributed by atoms with Crippen molar-refractivity contribution in [3.8, 4) is 11.4 Å². The Morgan fingerprint density at radius 1 is 1.06 bits per heavy atom. The number of likely N-dealkylation sites (N-methyl/N-ethyl adjacent to an activating group) is 1. The Morgan fingerprint density at radius 2 is 1.79 bits per heavy atom. The predicted molar refractivity (Wildman–Crippen MR) is 238 cm³/mol. The molecule has 3 aliphatic rings. The molecule has 0 aliphatic carbocycles. The van der Waals surface area contributed by atoms with Crippen LogP contribution in [0.25, 0.3) is 11.4 Å². The number of anilines is 1. The largest absolute Gasteiger partial charge is 0.453 e. The van der Waals surface area contributed by atoms with E-state index in [-0.39, 0.29) is 43.3 Å². The number of pyridine rings is 1. The first-order valence-corrected chi connectivity index (χ1v) is 22.7. The van der Waals surface area contributed by atoms with Gasteiger partial charge in [0, 0.05) is 50.6 Å². The molecule has 4 N–H and O–H groups in total. The molecule has 0 aromatic carbocycles. The Labute approximate surface area is 384 Å². The van der Waals surface area contributed by atoms with Crippen molar-refractivity contribution in [1.82, 2.24) is 44.6 Å². The van der Waals surface area contributed by atoms with Gasteiger partial charge in [-0.05, 0) is 105 Å². The van der Waals surface area contributed by atoms with Crippen LogP contribution in [0, 0.1) is 11.8 Å². The molecule has 3 saturated heterocycles. The number of carbonyl (C=O) groups is 3. The highest BCUT2D eigenvalue weighted by molar-refractivity contribution is 6.07. The fourth-order valence-electron chi connectivity index (χ4n) is 9.87. The topological polar surface area (TPSA) is 241 Å². The molecule has 0 bridgehead atoms. The monoisotopic (exact) mass is 927 g/mol. The van der Waals surface area contributed by atoms with Gasteiger partial charge in [-0.15, -0.1) is 5.10 Å². The number of cyclic esters (lactones) is 1. The number of ketones is 1. The van der Waals surface area contributed by atoms with Crippen molar-refractivity contribution in [3.63, 3.8) is 0 Å². The lowest BCUT2D eigenvalue weighted by Gasteiger charge is -2.47. The summed E-state index contributed by atoms with van der Waals surface area (Å²) >= 11 is 0. The van der Waals surface area contributed by atoms with Crippen molar-refractivity contribution in [2.45, 2.75) is 153 Å². The highest BCUT2D eigenvalue weighted by Gasteiger charge is 2.64. The summed E-state index contributed by atoms with van der Waals surface area (Å²) in [6.07, 6.45) is 0.0118. The molecule has 3 unspecified atom stereocenters. The summed E-state index contributed by atoms with van der Waals surface area (Å²) in [5.41, 5.74) is -0.480. The number of hydrogen-bond acceptors (Lipinski definition) is 17. The van der Waals surface area contributed by atoms with E-state index < -0.39 is 83.1 Å². The van der Waals surface area contributed by atoms with Gasteiger partial charge in [-0.1, -0.05) is 32.1 Å². The molecule has 364 valence electrons. The Morgan fingerprint density at radius 3 is 2.44 bits per heavy atom. The van der Waals surface area contributed by atoms with Gasteiger partial charge in [-0.25, -0.2) is 18.8 Å². The van der Waals surface area contributed by atoms with Gasteiger partial charge in [0.1, 0.15) is 23.7 Å². The number of esters is 1. The smallest absolute Gasteiger partial charge is 0.412 e. The molecule has 21 heteroatoms. The van der Waals surface area contributed by atoms with E-state index in [1.54, 1.807) is 30.9 Å². The Kier molecular flexibility index (Phi) is 15.7. The highest BCUT2D eigenvalue weighted by atomic mass is 19.1. The van der Waals surface area contributed by atoms with Crippen molar-refractivity contribution in [2.75, 3.05) is 40.0 Å². The van der Waals surface area contributed by atoms with Gasteiger partial charge in [-0.3, -0.25) is 23.9 Å². The second-order valence-corrected chi connectivity index (χ2v) is 18.7. The summed E-state index contributed by atoms with van der Waals surface area (Å²) in [5.74, 6) is -4.51. The maximum absolute atomic E-state index is 17.4. The number of rotatable bonds is 12. The number of nitrogens with two attached hydrogens (primary N) is 1. The van der Waals surface area contributed by atoms with E-state index in [0.29, 0.717) is 43.7 Å². The van der Waals surface area contributed by atoms with Crippen LogP contribution < -0.4 is 16.7 Å². The second-order valence-electron chi connectivity index (χ2n) is 18.7. The fraction of sp³-hybridized carbons (Fsp3) is 0.689. The summed E-state index contributed by atoms with van der Waals surface area (Å²) in [5, 5.41) is 23.5. The number of halogens is 1. The van der Waals surface area contributed by atoms with Gasteiger partial charge in [0.05, 0.1) is 29.7 Å². The zero-order valence-corrected chi connectivity index (χ0v) is 39.6. The van der Waals surface area contributed by atoms with Crippen LogP contribution in [0.1, 0.15) is 80.6 Å². The molecule has 3 aromatic rings. The number of alkyl halides is 1. The van der Waals surface area contributed by atoms with Crippen LogP contribution in [0.4, 0.5) is 15.0 Å². The maximum Gasteiger partial charge on any atom is 0.412 e. The Hall–Kier alpha value is -4.93. The van der Waals surface area contributed by atoms with E-state index in [9.17, 15) is 24.3 Å². The van der Waals surface area contributed by atoms with E-state index in [4.69, 9.17) is 29.4 Å². The molecule has 0 spiro atoms. The number of amides is 1. The zero-order valence-electron chi connectivity index (χ0n) is 39.6. The Bertz CT molecular complexity index is 2210. The molecule has 3 aliphatic heterocycles. The number of nitrogens with zero attached hydrogens (tertiary/aromatic N) is 8. The number of aliphatic hydroxyl groups is 1. The number of Topliss-reactive ketones (excluding diaryl/α,β-unsaturated/α-hetero) is 1. The van der Waals surface area contributed by atoms with Gasteiger partial charge in [0.15, 0.2) is 18.2 Å². The van der Waals surface area contributed by atoms with E-state index >= 15 is 4.39 Å². The molecule has 3 aromatic heterocycles. The van der Waals surface area contributed by atoms with Crippen LogP contribution >= 0.6 is 0 Å². The third kappa shape index (κ3) is 10.2. The van der Waals surface area contributed by atoms with Crippen LogP contribution in [-0.4, -0.2) is 157 Å². The van der Waals surface area contributed by atoms with Gasteiger partial charge >= 0.3 is 17.8 Å². The number of nitrogen functional groups attached to an aromatic ring is 1. The third-order valence-corrected chi connectivity index (χ3v) is 13.4. The van der Waals surface area contributed by atoms with Gasteiger partial charge < -0.3 is 44.7 Å². The summed E-state index contributed by atoms with van der Waals surface area (Å²) in [6, 6.07) is 4.69. The molecule has 13 atom stereocenters. The van der Waals surface area contributed by atoms with Crippen LogP contribution in [0.15, 0.2) is 47.7 Å². The molecule has 3 fully saturated rings. The normalized spacial score (nSPS) is 34.9. The minimum atomic E-state index is -3.31. The van der Waals surface area contributed by atoms with Crippen LogP contribution in [-0.2, 0) is 45.5 Å².